The second-order valence-electron chi connectivity index (χ2n) is 2.69. The first-order chi connectivity index (χ1) is 8.10. The Morgan fingerprint density at radius 1 is 1.12 bits per heavy atom. The Balaban J connectivity index is 2.26. The predicted octanol–water partition coefficient (Wildman–Crippen LogP) is 4.77. The van der Waals surface area contributed by atoms with Crippen molar-refractivity contribution in [3.8, 4) is 0 Å². The standard InChI is InChI=1S/C8H4Cl3N3S3/c1-15-7-13-14-8(17-7)16-6-4(10)2-3(9)5(11)12-6/h2H,1H3. The molecule has 0 unspecified atom stereocenters. The van der Waals surface area contributed by atoms with Crippen molar-refractivity contribution < 1.29 is 0 Å². The quantitative estimate of drug-likeness (QED) is 0.592. The summed E-state index contributed by atoms with van der Waals surface area (Å²) in [7, 11) is 0. The maximum absolute atomic E-state index is 6.02. The van der Waals surface area contributed by atoms with Gasteiger partial charge in [0, 0.05) is 0 Å². The molecule has 0 saturated heterocycles. The molecule has 9 heteroatoms. The average molecular weight is 345 g/mol. The van der Waals surface area contributed by atoms with E-state index in [2.05, 4.69) is 15.2 Å². The van der Waals surface area contributed by atoms with Gasteiger partial charge in [-0.1, -0.05) is 57.9 Å². The van der Waals surface area contributed by atoms with Crippen molar-refractivity contribution in [2.24, 2.45) is 0 Å². The lowest BCUT2D eigenvalue weighted by Gasteiger charge is -2.02. The van der Waals surface area contributed by atoms with Crippen LogP contribution in [0.1, 0.15) is 0 Å². The van der Waals surface area contributed by atoms with E-state index >= 15 is 0 Å². The van der Waals surface area contributed by atoms with Gasteiger partial charge in [0.05, 0.1) is 10.0 Å². The topological polar surface area (TPSA) is 38.7 Å². The molecular formula is C8H4Cl3N3S3. The van der Waals surface area contributed by atoms with E-state index in [-0.39, 0.29) is 5.15 Å². The Morgan fingerprint density at radius 3 is 2.47 bits per heavy atom. The summed E-state index contributed by atoms with van der Waals surface area (Å²) in [5.41, 5.74) is 0. The van der Waals surface area contributed by atoms with Crippen LogP contribution < -0.4 is 0 Å². The van der Waals surface area contributed by atoms with E-state index in [1.54, 1.807) is 17.8 Å². The first-order valence-electron chi connectivity index (χ1n) is 4.17. The number of nitrogens with zero attached hydrogens (tertiary/aromatic N) is 3. The number of halogens is 3. The molecule has 2 rings (SSSR count). The van der Waals surface area contributed by atoms with Crippen LogP contribution in [0.3, 0.4) is 0 Å². The molecule has 0 radical (unpaired) electrons. The fourth-order valence-electron chi connectivity index (χ4n) is 0.904. The van der Waals surface area contributed by atoms with Crippen LogP contribution in [0, 0.1) is 0 Å². The Morgan fingerprint density at radius 2 is 1.82 bits per heavy atom. The zero-order valence-electron chi connectivity index (χ0n) is 8.28. The lowest BCUT2D eigenvalue weighted by molar-refractivity contribution is 0.953. The minimum atomic E-state index is 0.230. The summed E-state index contributed by atoms with van der Waals surface area (Å²) in [5.74, 6) is 0. The van der Waals surface area contributed by atoms with Gasteiger partial charge in [0.2, 0.25) is 0 Å². The molecular weight excluding hydrogens is 341 g/mol. The van der Waals surface area contributed by atoms with Gasteiger partial charge in [-0.05, 0) is 24.1 Å². The maximum atomic E-state index is 6.02. The van der Waals surface area contributed by atoms with E-state index in [1.165, 1.54) is 23.1 Å². The molecule has 3 nitrogen and oxygen atoms in total. The fraction of sp³-hybridized carbons (Fsp3) is 0.125. The average Bonchev–Trinajstić information content (AvgIpc) is 2.73. The molecule has 2 aromatic rings. The summed E-state index contributed by atoms with van der Waals surface area (Å²) >= 11 is 22.0. The maximum Gasteiger partial charge on any atom is 0.181 e. The molecule has 2 aromatic heterocycles. The monoisotopic (exact) mass is 343 g/mol. The molecule has 90 valence electrons. The molecule has 0 aliphatic heterocycles. The van der Waals surface area contributed by atoms with Crippen LogP contribution in [-0.2, 0) is 0 Å². The minimum Gasteiger partial charge on any atom is -0.226 e. The van der Waals surface area contributed by atoms with E-state index < -0.39 is 0 Å². The van der Waals surface area contributed by atoms with Crippen molar-refractivity contribution in [2.45, 2.75) is 13.7 Å². The summed E-state index contributed by atoms with van der Waals surface area (Å²) in [6, 6.07) is 1.57. The number of aromatic nitrogens is 3. The highest BCUT2D eigenvalue weighted by Crippen LogP contribution is 2.37. The van der Waals surface area contributed by atoms with Crippen molar-refractivity contribution in [2.75, 3.05) is 6.26 Å². The summed E-state index contributed by atoms with van der Waals surface area (Å²) in [5, 5.41) is 9.58. The molecule has 0 atom stereocenters. The first kappa shape index (κ1) is 13.7. The number of pyridine rings is 1. The molecule has 0 fully saturated rings. The summed E-state index contributed by atoms with van der Waals surface area (Å²) < 4.78 is 1.66. The van der Waals surface area contributed by atoms with Crippen LogP contribution in [0.25, 0.3) is 0 Å². The number of hydrogen-bond donors (Lipinski definition) is 0. The highest BCUT2D eigenvalue weighted by Gasteiger charge is 2.12. The fourth-order valence-corrected chi connectivity index (χ4v) is 3.91. The van der Waals surface area contributed by atoms with Crippen LogP contribution in [0.4, 0.5) is 0 Å². The first-order valence-corrected chi connectivity index (χ1v) is 8.16. The second kappa shape index (κ2) is 5.95. The van der Waals surface area contributed by atoms with E-state index in [0.717, 1.165) is 8.68 Å². The van der Waals surface area contributed by atoms with Gasteiger partial charge in [-0.15, -0.1) is 10.2 Å². The Bertz CT molecular complexity index is 546. The minimum absolute atomic E-state index is 0.230. The lowest BCUT2D eigenvalue weighted by Crippen LogP contribution is -1.84. The van der Waals surface area contributed by atoms with Crippen molar-refractivity contribution in [3.05, 3.63) is 21.3 Å². The van der Waals surface area contributed by atoms with Crippen LogP contribution >= 0.6 is 69.7 Å². The largest absolute Gasteiger partial charge is 0.226 e. The highest BCUT2D eigenvalue weighted by molar-refractivity contribution is 8.03. The smallest absolute Gasteiger partial charge is 0.181 e. The molecule has 0 aromatic carbocycles. The third-order valence-corrected chi connectivity index (χ3v) is 5.63. The third kappa shape index (κ3) is 3.39. The van der Waals surface area contributed by atoms with E-state index in [4.69, 9.17) is 34.8 Å². The SMILES string of the molecule is CSc1nnc(Sc2nc(Cl)c(Cl)cc2Cl)s1. The normalized spacial score (nSPS) is 10.8. The van der Waals surface area contributed by atoms with E-state index in [1.807, 2.05) is 6.26 Å². The van der Waals surface area contributed by atoms with Gasteiger partial charge in [0.1, 0.15) is 10.2 Å². The molecule has 0 aliphatic carbocycles. The third-order valence-electron chi connectivity index (χ3n) is 1.60. The molecule has 17 heavy (non-hydrogen) atoms. The Hall–Kier alpha value is 0.280. The van der Waals surface area contributed by atoms with Gasteiger partial charge in [0.15, 0.2) is 8.68 Å². The Labute approximate surface area is 125 Å². The summed E-state index contributed by atoms with van der Waals surface area (Å²) in [4.78, 5) is 4.10. The predicted molar refractivity (Wildman–Crippen MR) is 75.1 cm³/mol. The number of hydrogen-bond acceptors (Lipinski definition) is 6. The summed E-state index contributed by atoms with van der Waals surface area (Å²) in [6.07, 6.45) is 1.94. The van der Waals surface area contributed by atoms with E-state index in [0.29, 0.717) is 15.1 Å². The van der Waals surface area contributed by atoms with Crippen LogP contribution in [0.15, 0.2) is 19.8 Å². The van der Waals surface area contributed by atoms with Crippen LogP contribution in [0.5, 0.6) is 0 Å². The molecule has 0 bridgehead atoms. The van der Waals surface area contributed by atoms with Crippen LogP contribution in [0.2, 0.25) is 15.2 Å². The molecule has 0 amide bonds. The van der Waals surface area contributed by atoms with Gasteiger partial charge in [-0.25, -0.2) is 4.98 Å². The number of rotatable bonds is 3. The van der Waals surface area contributed by atoms with Crippen molar-refractivity contribution in [1.82, 2.24) is 15.2 Å². The zero-order valence-corrected chi connectivity index (χ0v) is 13.0. The molecule has 0 spiro atoms. The Kier molecular flexibility index (Phi) is 4.80. The highest BCUT2D eigenvalue weighted by atomic mass is 35.5. The van der Waals surface area contributed by atoms with Gasteiger partial charge in [-0.2, -0.15) is 0 Å². The van der Waals surface area contributed by atoms with Crippen molar-refractivity contribution >= 4 is 69.7 Å². The molecule has 0 aliphatic rings. The number of thioether (sulfide) groups is 1. The van der Waals surface area contributed by atoms with Gasteiger partial charge in [0.25, 0.3) is 0 Å². The summed E-state index contributed by atoms with van der Waals surface area (Å²) in [6.45, 7) is 0. The van der Waals surface area contributed by atoms with Crippen LogP contribution in [-0.4, -0.2) is 21.4 Å². The van der Waals surface area contributed by atoms with Gasteiger partial charge < -0.3 is 0 Å². The van der Waals surface area contributed by atoms with Gasteiger partial charge >= 0.3 is 0 Å². The molecule has 2 heterocycles. The van der Waals surface area contributed by atoms with E-state index in [9.17, 15) is 0 Å². The van der Waals surface area contributed by atoms with Crippen molar-refractivity contribution in [1.29, 1.82) is 0 Å². The molecule has 0 saturated carbocycles. The van der Waals surface area contributed by atoms with Crippen molar-refractivity contribution in [3.63, 3.8) is 0 Å². The van der Waals surface area contributed by atoms with Gasteiger partial charge in [-0.3, -0.25) is 0 Å². The zero-order chi connectivity index (χ0) is 12.4. The second-order valence-corrected chi connectivity index (χ2v) is 7.13. The molecule has 0 N–H and O–H groups in total. The lowest BCUT2D eigenvalue weighted by atomic mass is 10.5.